The lowest BCUT2D eigenvalue weighted by Crippen LogP contribution is -2.42. The molecule has 1 rings (SSSR count). The molecule has 92 valence electrons. The van der Waals surface area contributed by atoms with Gasteiger partial charge in [-0.2, -0.15) is 0 Å². The third-order valence-electron chi connectivity index (χ3n) is 2.78. The molecule has 0 aromatic carbocycles. The SMILES string of the molecule is CN(C)CCNC(=O)CNC(=O)C1CCC1. The van der Waals surface area contributed by atoms with E-state index in [1.165, 1.54) is 0 Å². The van der Waals surface area contributed by atoms with Crippen LogP contribution in [0.4, 0.5) is 0 Å². The van der Waals surface area contributed by atoms with Crippen molar-refractivity contribution in [2.24, 2.45) is 5.92 Å². The molecule has 0 spiro atoms. The molecule has 0 unspecified atom stereocenters. The standard InChI is InChI=1S/C11H21N3O2/c1-14(2)7-6-12-10(15)8-13-11(16)9-4-3-5-9/h9H,3-8H2,1-2H3,(H,12,15)(H,13,16). The summed E-state index contributed by atoms with van der Waals surface area (Å²) in [5.74, 6) is 0.0538. The fourth-order valence-corrected chi connectivity index (χ4v) is 1.46. The number of carbonyl (C=O) groups excluding carboxylic acids is 2. The maximum Gasteiger partial charge on any atom is 0.239 e. The Balaban J connectivity index is 2.03. The van der Waals surface area contributed by atoms with Crippen LogP contribution in [0.5, 0.6) is 0 Å². The van der Waals surface area contributed by atoms with Gasteiger partial charge in [0.05, 0.1) is 6.54 Å². The lowest BCUT2D eigenvalue weighted by atomic mass is 9.85. The number of amides is 2. The molecule has 0 bridgehead atoms. The van der Waals surface area contributed by atoms with Crippen LogP contribution in [0.2, 0.25) is 0 Å². The van der Waals surface area contributed by atoms with Gasteiger partial charge in [-0.25, -0.2) is 0 Å². The molecule has 2 N–H and O–H groups in total. The van der Waals surface area contributed by atoms with Crippen LogP contribution in [0.25, 0.3) is 0 Å². The lowest BCUT2D eigenvalue weighted by molar-refractivity contribution is -0.130. The lowest BCUT2D eigenvalue weighted by Gasteiger charge is -2.23. The van der Waals surface area contributed by atoms with Crippen molar-refractivity contribution < 1.29 is 9.59 Å². The van der Waals surface area contributed by atoms with E-state index in [0.29, 0.717) is 6.54 Å². The van der Waals surface area contributed by atoms with E-state index in [4.69, 9.17) is 0 Å². The normalized spacial score (nSPS) is 15.7. The largest absolute Gasteiger partial charge is 0.353 e. The molecule has 1 saturated carbocycles. The molecule has 0 aromatic rings. The van der Waals surface area contributed by atoms with E-state index in [0.717, 1.165) is 25.8 Å². The third-order valence-corrected chi connectivity index (χ3v) is 2.78. The Morgan fingerprint density at radius 2 is 1.94 bits per heavy atom. The number of rotatable bonds is 6. The number of hydrogen-bond acceptors (Lipinski definition) is 3. The van der Waals surface area contributed by atoms with Gasteiger partial charge in [0.2, 0.25) is 11.8 Å². The van der Waals surface area contributed by atoms with E-state index in [1.54, 1.807) is 0 Å². The molecule has 5 heteroatoms. The van der Waals surface area contributed by atoms with Crippen LogP contribution in [0.3, 0.4) is 0 Å². The van der Waals surface area contributed by atoms with Crippen molar-refractivity contribution in [1.29, 1.82) is 0 Å². The predicted molar refractivity (Wildman–Crippen MR) is 61.9 cm³/mol. The van der Waals surface area contributed by atoms with Gasteiger partial charge in [-0.3, -0.25) is 9.59 Å². The fraction of sp³-hybridized carbons (Fsp3) is 0.818. The van der Waals surface area contributed by atoms with Gasteiger partial charge in [0.1, 0.15) is 0 Å². The number of nitrogens with zero attached hydrogens (tertiary/aromatic N) is 1. The molecule has 16 heavy (non-hydrogen) atoms. The molecule has 0 aromatic heterocycles. The Morgan fingerprint density at radius 3 is 2.44 bits per heavy atom. The zero-order valence-corrected chi connectivity index (χ0v) is 10.1. The van der Waals surface area contributed by atoms with Gasteiger partial charge in [-0.1, -0.05) is 6.42 Å². The molecule has 5 nitrogen and oxygen atoms in total. The van der Waals surface area contributed by atoms with Crippen LogP contribution < -0.4 is 10.6 Å². The molecule has 0 heterocycles. The van der Waals surface area contributed by atoms with Crippen LogP contribution in [-0.2, 0) is 9.59 Å². The molecular formula is C11H21N3O2. The third kappa shape index (κ3) is 4.61. The summed E-state index contributed by atoms with van der Waals surface area (Å²) < 4.78 is 0. The van der Waals surface area contributed by atoms with Crippen molar-refractivity contribution in [3.05, 3.63) is 0 Å². The first-order valence-corrected chi connectivity index (χ1v) is 5.78. The smallest absolute Gasteiger partial charge is 0.239 e. The van der Waals surface area contributed by atoms with Crippen LogP contribution >= 0.6 is 0 Å². The van der Waals surface area contributed by atoms with Crippen molar-refractivity contribution in [1.82, 2.24) is 15.5 Å². The highest BCUT2D eigenvalue weighted by Gasteiger charge is 2.25. The summed E-state index contributed by atoms with van der Waals surface area (Å²) in [7, 11) is 3.90. The first kappa shape index (κ1) is 13.0. The quantitative estimate of drug-likeness (QED) is 0.648. The van der Waals surface area contributed by atoms with Crippen molar-refractivity contribution in [3.63, 3.8) is 0 Å². The summed E-state index contributed by atoms with van der Waals surface area (Å²) in [4.78, 5) is 24.7. The van der Waals surface area contributed by atoms with Crippen LogP contribution in [0.1, 0.15) is 19.3 Å². The van der Waals surface area contributed by atoms with Crippen LogP contribution in [0, 0.1) is 5.92 Å². The van der Waals surface area contributed by atoms with Gasteiger partial charge in [0, 0.05) is 19.0 Å². The summed E-state index contributed by atoms with van der Waals surface area (Å²) >= 11 is 0. The van der Waals surface area contributed by atoms with Crippen molar-refractivity contribution in [2.45, 2.75) is 19.3 Å². The zero-order chi connectivity index (χ0) is 12.0. The van der Waals surface area contributed by atoms with Crippen molar-refractivity contribution in [2.75, 3.05) is 33.7 Å². The summed E-state index contributed by atoms with van der Waals surface area (Å²) in [6, 6.07) is 0. The summed E-state index contributed by atoms with van der Waals surface area (Å²) in [6.45, 7) is 1.52. The van der Waals surface area contributed by atoms with E-state index in [2.05, 4.69) is 10.6 Å². The minimum absolute atomic E-state index is 0.0222. The van der Waals surface area contributed by atoms with Crippen molar-refractivity contribution in [3.8, 4) is 0 Å². The van der Waals surface area contributed by atoms with E-state index in [9.17, 15) is 9.59 Å². The minimum atomic E-state index is -0.116. The van der Waals surface area contributed by atoms with E-state index in [1.807, 2.05) is 19.0 Å². The van der Waals surface area contributed by atoms with Gasteiger partial charge in [-0.05, 0) is 26.9 Å². The second-order valence-corrected chi connectivity index (χ2v) is 4.50. The van der Waals surface area contributed by atoms with E-state index in [-0.39, 0.29) is 24.3 Å². The van der Waals surface area contributed by atoms with Gasteiger partial charge in [-0.15, -0.1) is 0 Å². The number of nitrogens with one attached hydrogen (secondary N) is 2. The monoisotopic (exact) mass is 227 g/mol. The van der Waals surface area contributed by atoms with Crippen LogP contribution in [-0.4, -0.2) is 50.4 Å². The highest BCUT2D eigenvalue weighted by atomic mass is 16.2. The molecule has 0 atom stereocenters. The summed E-state index contributed by atoms with van der Waals surface area (Å²) in [5, 5.41) is 5.41. The zero-order valence-electron chi connectivity index (χ0n) is 10.1. The second-order valence-electron chi connectivity index (χ2n) is 4.50. The van der Waals surface area contributed by atoms with E-state index < -0.39 is 0 Å². The van der Waals surface area contributed by atoms with Gasteiger partial charge >= 0.3 is 0 Å². The average molecular weight is 227 g/mol. The molecule has 1 fully saturated rings. The summed E-state index contributed by atoms with van der Waals surface area (Å²) in [5.41, 5.74) is 0. The Kier molecular flexibility index (Phi) is 5.25. The molecule has 0 saturated heterocycles. The Labute approximate surface area is 96.6 Å². The number of hydrogen-bond donors (Lipinski definition) is 2. The first-order chi connectivity index (χ1) is 7.59. The maximum absolute atomic E-state index is 11.4. The van der Waals surface area contributed by atoms with E-state index >= 15 is 0 Å². The number of carbonyl (C=O) groups is 2. The highest BCUT2D eigenvalue weighted by molar-refractivity contribution is 5.86. The molecule has 1 aliphatic carbocycles. The Bertz CT molecular complexity index is 250. The average Bonchev–Trinajstić information content (AvgIpc) is 2.11. The van der Waals surface area contributed by atoms with Crippen LogP contribution in [0.15, 0.2) is 0 Å². The molecule has 0 radical (unpaired) electrons. The minimum Gasteiger partial charge on any atom is -0.353 e. The Hall–Kier alpha value is -1.10. The van der Waals surface area contributed by atoms with Gasteiger partial charge in [0.15, 0.2) is 0 Å². The summed E-state index contributed by atoms with van der Waals surface area (Å²) in [6.07, 6.45) is 3.06. The predicted octanol–water partition coefficient (Wildman–Crippen LogP) is -0.419. The maximum atomic E-state index is 11.4. The highest BCUT2D eigenvalue weighted by Crippen LogP contribution is 2.25. The van der Waals surface area contributed by atoms with Crippen molar-refractivity contribution >= 4 is 11.8 Å². The Morgan fingerprint density at radius 1 is 1.25 bits per heavy atom. The topological polar surface area (TPSA) is 61.4 Å². The first-order valence-electron chi connectivity index (χ1n) is 5.78. The number of likely N-dealkylation sites (N-methyl/N-ethyl adjacent to an activating group) is 1. The van der Waals surface area contributed by atoms with Gasteiger partial charge < -0.3 is 15.5 Å². The molecule has 2 amide bonds. The molecule has 0 aliphatic heterocycles. The van der Waals surface area contributed by atoms with Gasteiger partial charge in [0.25, 0.3) is 0 Å². The second kappa shape index (κ2) is 6.48. The molecular weight excluding hydrogens is 206 g/mol. The molecule has 1 aliphatic rings. The fourth-order valence-electron chi connectivity index (χ4n) is 1.46.